The number of aryl methyl sites for hydroxylation is 1. The van der Waals surface area contributed by atoms with Gasteiger partial charge in [-0.25, -0.2) is 15.0 Å². The molecule has 4 aromatic rings. The summed E-state index contributed by atoms with van der Waals surface area (Å²) < 4.78 is 11.1. The molecule has 0 saturated carbocycles. The van der Waals surface area contributed by atoms with Gasteiger partial charge in [0.05, 0.1) is 24.9 Å². The molecule has 1 aliphatic heterocycles. The maximum absolute atomic E-state index is 6.03. The Morgan fingerprint density at radius 1 is 1.17 bits per heavy atom. The first-order valence-electron chi connectivity index (χ1n) is 12.1. The molecule has 0 aliphatic carbocycles. The molecule has 1 aliphatic rings. The van der Waals surface area contributed by atoms with E-state index in [9.17, 15) is 0 Å². The van der Waals surface area contributed by atoms with E-state index in [2.05, 4.69) is 64.1 Å². The summed E-state index contributed by atoms with van der Waals surface area (Å²) in [7, 11) is 5.86. The maximum Gasteiger partial charge on any atom is 0.213 e. The molecule has 1 aromatic carbocycles. The van der Waals surface area contributed by atoms with Crippen molar-refractivity contribution in [3.63, 3.8) is 0 Å². The summed E-state index contributed by atoms with van der Waals surface area (Å²) in [6, 6.07) is 9.67. The molecule has 0 radical (unpaired) electrons. The Kier molecular flexibility index (Phi) is 6.79. The second-order valence-electron chi connectivity index (χ2n) is 9.51. The van der Waals surface area contributed by atoms with E-state index in [1.54, 1.807) is 37.0 Å². The van der Waals surface area contributed by atoms with Gasteiger partial charge < -0.3 is 14.8 Å². The average molecular weight is 505 g/mol. The number of ether oxygens (including phenoxy) is 2. The Morgan fingerprint density at radius 2 is 2.00 bits per heavy atom. The Hall–Kier alpha value is -3.27. The molecule has 36 heavy (non-hydrogen) atoms. The van der Waals surface area contributed by atoms with Crippen molar-refractivity contribution in [3.8, 4) is 17.4 Å². The predicted octanol–water partition coefficient (Wildman–Crippen LogP) is 5.77. The van der Waals surface area contributed by atoms with E-state index in [4.69, 9.17) is 9.47 Å². The minimum atomic E-state index is 0.381. The third-order valence-corrected chi connectivity index (χ3v) is 7.91. The molecular weight excluding hydrogens is 472 g/mol. The van der Waals surface area contributed by atoms with Gasteiger partial charge in [0, 0.05) is 29.7 Å². The summed E-state index contributed by atoms with van der Waals surface area (Å²) in [4.78, 5) is 20.7. The van der Waals surface area contributed by atoms with Crippen LogP contribution >= 0.6 is 11.3 Å². The first kappa shape index (κ1) is 24.4. The standard InChI is InChI=1S/C27H32N6O2S/c1-16-11-19(7-9-21(16)35-20-8-10-23(34-6)28-12-20)31-26-25-24-17(2)13-33(18(3)32(4)5)14-22(24)36-27(25)30-15-29-26/h7-12,15,17-18H,13-14H2,1-6H3,(H,29,30,31)/t17-,18?/m0/s1. The van der Waals surface area contributed by atoms with E-state index in [1.807, 2.05) is 25.1 Å². The summed E-state index contributed by atoms with van der Waals surface area (Å²) in [6.45, 7) is 8.55. The van der Waals surface area contributed by atoms with Crippen LogP contribution in [0.15, 0.2) is 42.9 Å². The van der Waals surface area contributed by atoms with Crippen molar-refractivity contribution in [2.75, 3.05) is 33.1 Å². The fourth-order valence-electron chi connectivity index (χ4n) is 4.69. The Morgan fingerprint density at radius 3 is 2.69 bits per heavy atom. The third kappa shape index (κ3) is 4.74. The molecule has 188 valence electrons. The molecule has 0 saturated heterocycles. The lowest BCUT2D eigenvalue weighted by molar-refractivity contribution is 0.0757. The molecule has 0 spiro atoms. The van der Waals surface area contributed by atoms with Crippen LogP contribution in [-0.2, 0) is 6.54 Å². The van der Waals surface area contributed by atoms with Crippen molar-refractivity contribution in [2.45, 2.75) is 39.4 Å². The molecule has 3 aromatic heterocycles. The predicted molar refractivity (Wildman–Crippen MR) is 145 cm³/mol. The molecule has 0 amide bonds. The van der Waals surface area contributed by atoms with Crippen LogP contribution in [0.5, 0.6) is 17.4 Å². The van der Waals surface area contributed by atoms with Gasteiger partial charge in [0.15, 0.2) is 0 Å². The zero-order chi connectivity index (χ0) is 25.4. The van der Waals surface area contributed by atoms with E-state index >= 15 is 0 Å². The number of aromatic nitrogens is 3. The minimum Gasteiger partial charge on any atom is -0.481 e. The summed E-state index contributed by atoms with van der Waals surface area (Å²) in [5.74, 6) is 3.24. The van der Waals surface area contributed by atoms with Gasteiger partial charge in [-0.2, -0.15) is 0 Å². The van der Waals surface area contributed by atoms with Gasteiger partial charge >= 0.3 is 0 Å². The van der Waals surface area contributed by atoms with Crippen LogP contribution in [0, 0.1) is 6.92 Å². The smallest absolute Gasteiger partial charge is 0.213 e. The monoisotopic (exact) mass is 504 g/mol. The molecule has 8 nitrogen and oxygen atoms in total. The third-order valence-electron chi connectivity index (χ3n) is 6.81. The first-order valence-corrected chi connectivity index (χ1v) is 12.9. The van der Waals surface area contributed by atoms with E-state index in [-0.39, 0.29) is 0 Å². The number of rotatable bonds is 7. The van der Waals surface area contributed by atoms with E-state index in [0.717, 1.165) is 46.1 Å². The van der Waals surface area contributed by atoms with Crippen LogP contribution in [0.25, 0.3) is 10.2 Å². The van der Waals surface area contributed by atoms with E-state index < -0.39 is 0 Å². The first-order chi connectivity index (χ1) is 17.3. The minimum absolute atomic E-state index is 0.381. The van der Waals surface area contributed by atoms with Gasteiger partial charge in [-0.15, -0.1) is 11.3 Å². The van der Waals surface area contributed by atoms with Crippen molar-refractivity contribution < 1.29 is 9.47 Å². The lowest BCUT2D eigenvalue weighted by atomic mass is 9.94. The van der Waals surface area contributed by atoms with Crippen LogP contribution in [0.4, 0.5) is 11.5 Å². The largest absolute Gasteiger partial charge is 0.481 e. The number of benzene rings is 1. The van der Waals surface area contributed by atoms with Gasteiger partial charge in [-0.05, 0) is 69.3 Å². The van der Waals surface area contributed by atoms with Gasteiger partial charge in [0.25, 0.3) is 0 Å². The maximum atomic E-state index is 6.03. The van der Waals surface area contributed by atoms with E-state index in [1.165, 1.54) is 10.4 Å². The molecule has 1 N–H and O–H groups in total. The van der Waals surface area contributed by atoms with Crippen molar-refractivity contribution in [1.82, 2.24) is 24.8 Å². The van der Waals surface area contributed by atoms with Gasteiger partial charge in [-0.1, -0.05) is 6.92 Å². The number of anilines is 2. The number of hydrogen-bond acceptors (Lipinski definition) is 9. The number of fused-ring (bicyclic) bond motifs is 3. The van der Waals surface area contributed by atoms with Gasteiger partial charge in [0.1, 0.15) is 28.5 Å². The highest BCUT2D eigenvalue weighted by Crippen LogP contribution is 2.43. The summed E-state index contributed by atoms with van der Waals surface area (Å²) in [5, 5.41) is 4.70. The van der Waals surface area contributed by atoms with Crippen LogP contribution in [0.1, 0.15) is 35.8 Å². The second kappa shape index (κ2) is 10.0. The highest BCUT2D eigenvalue weighted by atomic mass is 32.1. The Bertz CT molecular complexity index is 1370. The number of pyridine rings is 1. The van der Waals surface area contributed by atoms with Crippen LogP contribution in [-0.4, -0.2) is 58.7 Å². The molecule has 0 bridgehead atoms. The molecular formula is C27H32N6O2S. The van der Waals surface area contributed by atoms with Crippen molar-refractivity contribution >= 4 is 33.1 Å². The SMILES string of the molecule is COc1ccc(Oc2ccc(Nc3ncnc4sc5c(c34)[C@@H](C)CN(C(C)N(C)C)C5)cc2C)cn1. The molecule has 4 heterocycles. The van der Waals surface area contributed by atoms with E-state index in [0.29, 0.717) is 23.7 Å². The van der Waals surface area contributed by atoms with Crippen LogP contribution in [0.2, 0.25) is 0 Å². The van der Waals surface area contributed by atoms with Gasteiger partial charge in [-0.3, -0.25) is 9.80 Å². The second-order valence-corrected chi connectivity index (χ2v) is 10.6. The Labute approximate surface area is 215 Å². The van der Waals surface area contributed by atoms with Gasteiger partial charge in [0.2, 0.25) is 5.88 Å². The van der Waals surface area contributed by atoms with Crippen molar-refractivity contribution in [2.24, 2.45) is 0 Å². The van der Waals surface area contributed by atoms with Crippen molar-refractivity contribution in [3.05, 3.63) is 58.9 Å². The van der Waals surface area contributed by atoms with Crippen molar-refractivity contribution in [1.29, 1.82) is 0 Å². The molecule has 2 atom stereocenters. The fraction of sp³-hybridized carbons (Fsp3) is 0.370. The number of nitrogens with one attached hydrogen (secondary N) is 1. The number of thiophene rings is 1. The molecule has 1 unspecified atom stereocenters. The normalized spacial score (nSPS) is 16.7. The lowest BCUT2D eigenvalue weighted by Crippen LogP contribution is -2.45. The zero-order valence-electron chi connectivity index (χ0n) is 21.6. The topological polar surface area (TPSA) is 75.6 Å². The van der Waals surface area contributed by atoms with Crippen LogP contribution in [0.3, 0.4) is 0 Å². The number of methoxy groups -OCH3 is 1. The quantitative estimate of drug-likeness (QED) is 0.340. The van der Waals surface area contributed by atoms with Crippen LogP contribution < -0.4 is 14.8 Å². The Balaban J connectivity index is 1.40. The highest BCUT2D eigenvalue weighted by molar-refractivity contribution is 7.19. The summed E-state index contributed by atoms with van der Waals surface area (Å²) in [5.41, 5.74) is 3.35. The molecule has 5 rings (SSSR count). The number of nitrogens with zero attached hydrogens (tertiary/aromatic N) is 5. The molecule has 0 fully saturated rings. The highest BCUT2D eigenvalue weighted by Gasteiger charge is 2.31. The number of hydrogen-bond donors (Lipinski definition) is 1. The average Bonchev–Trinajstić information content (AvgIpc) is 3.25. The lowest BCUT2D eigenvalue weighted by Gasteiger charge is -2.38. The zero-order valence-corrected chi connectivity index (χ0v) is 22.4. The molecule has 9 heteroatoms. The summed E-state index contributed by atoms with van der Waals surface area (Å²) >= 11 is 1.78. The summed E-state index contributed by atoms with van der Waals surface area (Å²) in [6.07, 6.45) is 3.69. The fourth-order valence-corrected chi connectivity index (χ4v) is 5.98.